The molecule has 2 N–H and O–H groups in total. The molecule has 15 heteroatoms. The van der Waals surface area contributed by atoms with Crippen molar-refractivity contribution in [3.05, 3.63) is 71.8 Å². The second kappa shape index (κ2) is 13.8. The molecule has 2 aromatic carbocycles. The number of carbonyl (C=O) groups excluding carboxylic acids is 3. The Balaban J connectivity index is 1.94. The fourth-order valence-corrected chi connectivity index (χ4v) is 2.94. The van der Waals surface area contributed by atoms with Crippen LogP contribution in [0.4, 0.5) is 0 Å². The minimum Gasteiger partial charge on any atom is -0.432 e. The highest BCUT2D eigenvalue weighted by molar-refractivity contribution is 7.52. The first-order valence-electron chi connectivity index (χ1n) is 9.65. The molecular weight excluding hydrogens is 489 g/mol. The molecule has 0 bridgehead atoms. The molecular formula is C20H22N3O11P. The molecule has 0 fully saturated rings. The van der Waals surface area contributed by atoms with Crippen LogP contribution in [0.3, 0.4) is 0 Å². The average Bonchev–Trinajstić information content (AvgIpc) is 2.85. The molecule has 0 aliphatic heterocycles. The van der Waals surface area contributed by atoms with E-state index in [1.165, 1.54) is 31.3 Å². The van der Waals surface area contributed by atoms with Crippen molar-refractivity contribution >= 4 is 31.6 Å². The Labute approximate surface area is 199 Å². The number of hydrogen-bond acceptors (Lipinski definition) is 11. The topological polar surface area (TPSA) is 175 Å². The van der Waals surface area contributed by atoms with E-state index in [1.54, 1.807) is 36.4 Å². The molecule has 0 unspecified atom stereocenters. The second-order valence-corrected chi connectivity index (χ2v) is 7.66. The summed E-state index contributed by atoms with van der Waals surface area (Å²) in [4.78, 5) is 48.7. The van der Waals surface area contributed by atoms with Crippen LogP contribution in [-0.4, -0.2) is 49.6 Å². The summed E-state index contributed by atoms with van der Waals surface area (Å²) in [6.45, 7) is -0.552. The van der Waals surface area contributed by atoms with E-state index in [9.17, 15) is 18.9 Å². The van der Waals surface area contributed by atoms with Gasteiger partial charge < -0.3 is 20.0 Å². The zero-order valence-corrected chi connectivity index (χ0v) is 19.5. The third-order valence-electron chi connectivity index (χ3n) is 3.60. The van der Waals surface area contributed by atoms with E-state index in [0.29, 0.717) is 5.06 Å². The minimum atomic E-state index is -4.73. The number of benzene rings is 2. The SMILES string of the molecule is CC(=O)ON(C)/C(N)=N/P(=O)(OOCOC(=O)c1ccccc1)OOCOC(=O)c1ccccc1. The number of esters is 2. The molecule has 0 aliphatic rings. The van der Waals surface area contributed by atoms with Crippen LogP contribution in [0.15, 0.2) is 65.4 Å². The summed E-state index contributed by atoms with van der Waals surface area (Å²) in [5.41, 5.74) is 6.05. The number of carbonyl (C=O) groups is 3. The summed E-state index contributed by atoms with van der Waals surface area (Å²) in [7, 11) is -3.56. The fourth-order valence-electron chi connectivity index (χ4n) is 2.12. The monoisotopic (exact) mass is 511 g/mol. The van der Waals surface area contributed by atoms with Crippen molar-refractivity contribution in [2.75, 3.05) is 20.6 Å². The van der Waals surface area contributed by atoms with Gasteiger partial charge in [0.1, 0.15) is 0 Å². The third-order valence-corrected chi connectivity index (χ3v) is 4.64. The Morgan fingerprint density at radius 2 is 1.29 bits per heavy atom. The third kappa shape index (κ3) is 9.92. The Bertz CT molecular complexity index is 1000. The fraction of sp³-hybridized carbons (Fsp3) is 0.200. The van der Waals surface area contributed by atoms with Crippen LogP contribution in [0.1, 0.15) is 27.6 Å². The number of ether oxygens (including phenoxy) is 2. The van der Waals surface area contributed by atoms with Gasteiger partial charge in [-0.05, 0) is 24.3 Å². The lowest BCUT2D eigenvalue weighted by molar-refractivity contribution is -0.304. The molecule has 0 heterocycles. The Hall–Kier alpha value is -3.81. The lowest BCUT2D eigenvalue weighted by atomic mass is 10.2. The molecule has 0 aliphatic carbocycles. The van der Waals surface area contributed by atoms with E-state index in [0.717, 1.165) is 6.92 Å². The van der Waals surface area contributed by atoms with Gasteiger partial charge in [0.2, 0.25) is 19.5 Å². The highest BCUT2D eigenvalue weighted by Crippen LogP contribution is 2.50. The van der Waals surface area contributed by atoms with Gasteiger partial charge in [0.05, 0.1) is 11.1 Å². The lowest BCUT2D eigenvalue weighted by Gasteiger charge is -2.17. The van der Waals surface area contributed by atoms with Crippen molar-refractivity contribution < 1.29 is 52.4 Å². The normalized spacial score (nSPS) is 11.4. The highest BCUT2D eigenvalue weighted by atomic mass is 31.2. The van der Waals surface area contributed by atoms with E-state index in [4.69, 9.17) is 15.2 Å². The maximum Gasteiger partial charge on any atom is 0.511 e. The van der Waals surface area contributed by atoms with Crippen molar-refractivity contribution in [2.45, 2.75) is 6.92 Å². The first-order valence-corrected chi connectivity index (χ1v) is 11.1. The number of hydrogen-bond donors (Lipinski definition) is 1. The van der Waals surface area contributed by atoms with Gasteiger partial charge in [-0.15, -0.1) is 14.1 Å². The summed E-state index contributed by atoms with van der Waals surface area (Å²) in [5, 5.41) is 0.659. The van der Waals surface area contributed by atoms with Gasteiger partial charge in [-0.1, -0.05) is 36.4 Å². The van der Waals surface area contributed by atoms with Crippen LogP contribution in [0.2, 0.25) is 0 Å². The molecule has 0 radical (unpaired) electrons. The van der Waals surface area contributed by atoms with Gasteiger partial charge >= 0.3 is 25.7 Å². The zero-order chi connectivity index (χ0) is 25.7. The van der Waals surface area contributed by atoms with Gasteiger partial charge in [0, 0.05) is 14.0 Å². The summed E-state index contributed by atoms with van der Waals surface area (Å²) in [5.74, 6) is -2.91. The van der Waals surface area contributed by atoms with Crippen LogP contribution in [0, 0.1) is 0 Å². The molecule has 0 atom stereocenters. The van der Waals surface area contributed by atoms with Crippen molar-refractivity contribution in [3.8, 4) is 0 Å². The van der Waals surface area contributed by atoms with Gasteiger partial charge in [-0.3, -0.25) is 4.79 Å². The average molecular weight is 511 g/mol. The van der Waals surface area contributed by atoms with E-state index in [2.05, 4.69) is 28.7 Å². The van der Waals surface area contributed by atoms with Crippen LogP contribution in [-0.2, 0) is 42.8 Å². The second-order valence-electron chi connectivity index (χ2n) is 6.22. The van der Waals surface area contributed by atoms with E-state index in [-0.39, 0.29) is 11.1 Å². The van der Waals surface area contributed by atoms with Crippen molar-refractivity contribution in [1.82, 2.24) is 5.06 Å². The van der Waals surface area contributed by atoms with E-state index in [1.807, 2.05) is 0 Å². The standard InChI is InChI=1S/C20H22N3O11P/c1-15(24)32-23(2)20(21)22-35(27,33-30-13-28-18(25)16-9-5-3-6-10-16)34-31-14-29-19(26)17-11-7-4-8-12-17/h3-12H,13-14H2,1-2H3,(H2,21,22,27). The van der Waals surface area contributed by atoms with Crippen LogP contribution >= 0.6 is 7.75 Å². The summed E-state index contributed by atoms with van der Waals surface area (Å²) < 4.78 is 35.1. The van der Waals surface area contributed by atoms with E-state index >= 15 is 0 Å². The van der Waals surface area contributed by atoms with Crippen molar-refractivity contribution in [3.63, 3.8) is 0 Å². The number of guanidine groups is 1. The van der Waals surface area contributed by atoms with Gasteiger partial charge in [0.25, 0.3) is 0 Å². The van der Waals surface area contributed by atoms with Gasteiger partial charge in [-0.2, -0.15) is 14.8 Å². The molecule has 0 amide bonds. The predicted molar refractivity (Wildman–Crippen MR) is 117 cm³/mol. The molecule has 2 aromatic rings. The number of nitrogens with two attached hydrogens (primary N) is 1. The Kier molecular flexibility index (Phi) is 10.8. The molecule has 188 valence electrons. The van der Waals surface area contributed by atoms with Crippen LogP contribution in [0.5, 0.6) is 0 Å². The molecule has 35 heavy (non-hydrogen) atoms. The summed E-state index contributed by atoms with van der Waals surface area (Å²) >= 11 is 0. The Morgan fingerprint density at radius 3 is 1.69 bits per heavy atom. The number of nitrogens with zero attached hydrogens (tertiary/aromatic N) is 2. The first-order chi connectivity index (χ1) is 16.7. The maximum absolute atomic E-state index is 12.8. The first kappa shape index (κ1) is 27.4. The van der Waals surface area contributed by atoms with Crippen molar-refractivity contribution in [2.24, 2.45) is 10.5 Å². The van der Waals surface area contributed by atoms with Crippen molar-refractivity contribution in [1.29, 1.82) is 0 Å². The van der Waals surface area contributed by atoms with E-state index < -0.39 is 45.2 Å². The van der Waals surface area contributed by atoms with Crippen LogP contribution in [0.25, 0.3) is 0 Å². The summed E-state index contributed by atoms with van der Waals surface area (Å²) in [6.07, 6.45) is 0. The van der Waals surface area contributed by atoms with Gasteiger partial charge in [0.15, 0.2) is 0 Å². The van der Waals surface area contributed by atoms with Gasteiger partial charge in [-0.25, -0.2) is 14.2 Å². The summed E-state index contributed by atoms with van der Waals surface area (Å²) in [6, 6.07) is 15.9. The molecule has 14 nitrogen and oxygen atoms in total. The smallest absolute Gasteiger partial charge is 0.432 e. The maximum atomic E-state index is 12.8. The molecule has 2 rings (SSSR count). The molecule has 0 saturated carbocycles. The largest absolute Gasteiger partial charge is 0.511 e. The minimum absolute atomic E-state index is 0.226. The lowest BCUT2D eigenvalue weighted by Crippen LogP contribution is -2.35. The number of rotatable bonds is 11. The molecule has 0 saturated heterocycles. The number of hydroxylamine groups is 2. The highest BCUT2D eigenvalue weighted by Gasteiger charge is 2.31. The molecule has 0 spiro atoms. The Morgan fingerprint density at radius 1 is 0.857 bits per heavy atom. The quantitative estimate of drug-likeness (QED) is 0.0681. The zero-order valence-electron chi connectivity index (χ0n) is 18.6. The molecule has 0 aromatic heterocycles. The van der Waals surface area contributed by atoms with Crippen LogP contribution < -0.4 is 5.73 Å². The predicted octanol–water partition coefficient (Wildman–Crippen LogP) is 2.34.